The summed E-state index contributed by atoms with van der Waals surface area (Å²) >= 11 is 6.48. The fraction of sp³-hybridized carbons (Fsp3) is 0.455. The molecule has 1 aromatic heterocycles. The number of benzene rings is 1. The van der Waals surface area contributed by atoms with E-state index >= 15 is 0 Å². The Hall–Kier alpha value is -2.31. The minimum atomic E-state index is -1.08. The summed E-state index contributed by atoms with van der Waals surface area (Å²) < 4.78 is 12.9. The third-order valence-corrected chi connectivity index (χ3v) is 5.57. The zero-order valence-electron chi connectivity index (χ0n) is 16.8. The molecule has 1 aromatic carbocycles. The van der Waals surface area contributed by atoms with Crippen LogP contribution in [0.3, 0.4) is 0 Å². The normalized spacial score (nSPS) is 14.9. The monoisotopic (exact) mass is 418 g/mol. The molecule has 0 aliphatic carbocycles. The quantitative estimate of drug-likeness (QED) is 0.578. The van der Waals surface area contributed by atoms with E-state index < -0.39 is 5.97 Å². The minimum Gasteiger partial charge on any atom is -0.492 e. The first-order valence-electron chi connectivity index (χ1n) is 9.94. The smallest absolute Gasteiger partial charge is 0.339 e. The van der Waals surface area contributed by atoms with Crippen molar-refractivity contribution >= 4 is 17.6 Å². The standard InChI is InChI=1S/C22H27ClN2O4/c1-3-4-6-15-9-14-10-21(29-8-5-7-28-2)18(23)11-16(14)20-12-19(24)17(22(26)27)13-25(15)20/h10-13,15,24H,3-9H2,1-2H3,(H,26,27). The van der Waals surface area contributed by atoms with Gasteiger partial charge in [-0.3, -0.25) is 5.41 Å². The van der Waals surface area contributed by atoms with Crippen molar-refractivity contribution in [1.29, 1.82) is 5.41 Å². The number of nitrogens with one attached hydrogen (secondary N) is 1. The first kappa shape index (κ1) is 21.4. The van der Waals surface area contributed by atoms with Gasteiger partial charge < -0.3 is 19.1 Å². The molecule has 1 atom stereocenters. The van der Waals surface area contributed by atoms with Crippen molar-refractivity contribution in [2.45, 2.75) is 45.1 Å². The lowest BCUT2D eigenvalue weighted by Gasteiger charge is -2.31. The average molecular weight is 419 g/mol. The third-order valence-electron chi connectivity index (χ3n) is 5.27. The summed E-state index contributed by atoms with van der Waals surface area (Å²) in [6.07, 6.45) is 6.21. The van der Waals surface area contributed by atoms with E-state index in [4.69, 9.17) is 26.5 Å². The van der Waals surface area contributed by atoms with Crippen LogP contribution in [0.2, 0.25) is 5.02 Å². The molecule has 0 saturated heterocycles. The fourth-order valence-electron chi connectivity index (χ4n) is 3.79. The van der Waals surface area contributed by atoms with Crippen LogP contribution in [0.1, 0.15) is 54.6 Å². The highest BCUT2D eigenvalue weighted by molar-refractivity contribution is 6.32. The fourth-order valence-corrected chi connectivity index (χ4v) is 4.01. The number of aromatic carboxylic acids is 1. The molecule has 0 spiro atoms. The van der Waals surface area contributed by atoms with Crippen LogP contribution in [0, 0.1) is 5.41 Å². The zero-order valence-corrected chi connectivity index (χ0v) is 17.6. The Morgan fingerprint density at radius 3 is 2.79 bits per heavy atom. The van der Waals surface area contributed by atoms with Crippen molar-refractivity contribution in [3.05, 3.63) is 45.9 Å². The molecule has 0 amide bonds. The number of nitrogens with zero attached hydrogens (tertiary/aromatic N) is 1. The summed E-state index contributed by atoms with van der Waals surface area (Å²) in [5.74, 6) is -0.430. The number of unbranched alkanes of at least 4 members (excludes halogenated alkanes) is 1. The molecule has 0 fully saturated rings. The van der Waals surface area contributed by atoms with E-state index in [1.807, 2.05) is 16.7 Å². The van der Waals surface area contributed by atoms with Crippen LogP contribution in [0.4, 0.5) is 0 Å². The molecule has 7 heteroatoms. The number of halogens is 1. The van der Waals surface area contributed by atoms with Crippen molar-refractivity contribution in [2.24, 2.45) is 0 Å². The molecule has 2 heterocycles. The predicted molar refractivity (Wildman–Crippen MR) is 112 cm³/mol. The molecule has 0 saturated carbocycles. The predicted octanol–water partition coefficient (Wildman–Crippen LogP) is 4.69. The highest BCUT2D eigenvalue weighted by Crippen LogP contribution is 2.41. The topological polar surface area (TPSA) is 84.5 Å². The van der Waals surface area contributed by atoms with Crippen LogP contribution in [0.15, 0.2) is 24.4 Å². The van der Waals surface area contributed by atoms with Gasteiger partial charge >= 0.3 is 5.97 Å². The summed E-state index contributed by atoms with van der Waals surface area (Å²) in [6.45, 7) is 3.29. The number of ether oxygens (including phenoxy) is 2. The van der Waals surface area contributed by atoms with Gasteiger partial charge in [0.1, 0.15) is 11.3 Å². The number of methoxy groups -OCH3 is 1. The minimum absolute atomic E-state index is 0.00172. The highest BCUT2D eigenvalue weighted by Gasteiger charge is 2.26. The number of rotatable bonds is 9. The van der Waals surface area contributed by atoms with Gasteiger partial charge in [-0.05, 0) is 36.6 Å². The Labute approximate surface area is 175 Å². The van der Waals surface area contributed by atoms with Crippen LogP contribution in [0.5, 0.6) is 5.75 Å². The number of carboxylic acids is 1. The van der Waals surface area contributed by atoms with Crippen LogP contribution < -0.4 is 10.1 Å². The number of carbonyl (C=O) groups is 1. The second kappa shape index (κ2) is 9.46. The van der Waals surface area contributed by atoms with Crippen molar-refractivity contribution in [3.8, 4) is 17.0 Å². The van der Waals surface area contributed by atoms with E-state index in [9.17, 15) is 9.90 Å². The highest BCUT2D eigenvalue weighted by atomic mass is 35.5. The zero-order chi connectivity index (χ0) is 21.0. The van der Waals surface area contributed by atoms with Crippen LogP contribution in [-0.2, 0) is 11.2 Å². The maximum atomic E-state index is 11.5. The summed E-state index contributed by atoms with van der Waals surface area (Å²) in [5, 5.41) is 18.1. The summed E-state index contributed by atoms with van der Waals surface area (Å²) in [7, 11) is 1.66. The van der Waals surface area contributed by atoms with Crippen molar-refractivity contribution in [1.82, 2.24) is 4.57 Å². The first-order valence-corrected chi connectivity index (χ1v) is 10.3. The maximum absolute atomic E-state index is 11.5. The average Bonchev–Trinajstić information content (AvgIpc) is 2.69. The molecular formula is C22H27ClN2O4. The van der Waals surface area contributed by atoms with Crippen molar-refractivity contribution < 1.29 is 19.4 Å². The van der Waals surface area contributed by atoms with Crippen LogP contribution in [0.25, 0.3) is 11.3 Å². The van der Waals surface area contributed by atoms with E-state index in [-0.39, 0.29) is 17.0 Å². The van der Waals surface area contributed by atoms with Crippen molar-refractivity contribution in [2.75, 3.05) is 20.3 Å². The van der Waals surface area contributed by atoms with Crippen LogP contribution in [-0.4, -0.2) is 36.0 Å². The molecule has 1 aliphatic heterocycles. The molecule has 6 nitrogen and oxygen atoms in total. The second-order valence-electron chi connectivity index (χ2n) is 7.33. The van der Waals surface area contributed by atoms with Gasteiger partial charge in [-0.25, -0.2) is 4.79 Å². The Bertz CT molecular complexity index is 955. The number of pyridine rings is 1. The Kier molecular flexibility index (Phi) is 6.98. The van der Waals surface area contributed by atoms with Gasteiger partial charge in [-0.2, -0.15) is 0 Å². The summed E-state index contributed by atoms with van der Waals surface area (Å²) in [4.78, 5) is 11.5. The maximum Gasteiger partial charge on any atom is 0.339 e. The first-order chi connectivity index (χ1) is 14.0. The number of fused-ring (bicyclic) bond motifs is 3. The lowest BCUT2D eigenvalue weighted by atomic mass is 9.89. The van der Waals surface area contributed by atoms with Gasteiger partial charge in [0.15, 0.2) is 0 Å². The number of carboxylic acid groups (broad SMARTS) is 1. The van der Waals surface area contributed by atoms with Crippen LogP contribution >= 0.6 is 11.6 Å². The molecule has 0 radical (unpaired) electrons. The van der Waals surface area contributed by atoms with E-state index in [0.29, 0.717) is 24.0 Å². The van der Waals surface area contributed by atoms with Crippen molar-refractivity contribution in [3.63, 3.8) is 0 Å². The molecular weight excluding hydrogens is 392 g/mol. The Morgan fingerprint density at radius 2 is 2.10 bits per heavy atom. The second-order valence-corrected chi connectivity index (χ2v) is 7.74. The summed E-state index contributed by atoms with van der Waals surface area (Å²) in [6, 6.07) is 5.63. The number of hydrogen-bond donors (Lipinski definition) is 2. The molecule has 156 valence electrons. The lowest BCUT2D eigenvalue weighted by Crippen LogP contribution is -2.25. The summed E-state index contributed by atoms with van der Waals surface area (Å²) in [5.41, 5.74) is 2.88. The largest absolute Gasteiger partial charge is 0.492 e. The van der Waals surface area contributed by atoms with E-state index in [1.165, 1.54) is 0 Å². The van der Waals surface area contributed by atoms with Gasteiger partial charge in [-0.15, -0.1) is 0 Å². The molecule has 29 heavy (non-hydrogen) atoms. The molecule has 1 unspecified atom stereocenters. The van der Waals surface area contributed by atoms with Gasteiger partial charge in [-0.1, -0.05) is 31.4 Å². The number of hydrogen-bond acceptors (Lipinski definition) is 4. The molecule has 0 bridgehead atoms. The third kappa shape index (κ3) is 4.65. The molecule has 2 aromatic rings. The van der Waals surface area contributed by atoms with E-state index in [1.54, 1.807) is 19.4 Å². The lowest BCUT2D eigenvalue weighted by molar-refractivity contribution is 0.0693. The molecule has 1 aliphatic rings. The van der Waals surface area contributed by atoms with Gasteiger partial charge in [0, 0.05) is 37.9 Å². The molecule has 3 rings (SSSR count). The van der Waals surface area contributed by atoms with E-state index in [2.05, 4.69) is 6.92 Å². The number of aromatic nitrogens is 1. The van der Waals surface area contributed by atoms with E-state index in [0.717, 1.165) is 48.9 Å². The SMILES string of the molecule is CCCCC1Cc2cc(OCCCOC)c(Cl)cc2-c2cc(=N)c(C(=O)O)cn21. The van der Waals surface area contributed by atoms with Gasteiger partial charge in [0.25, 0.3) is 0 Å². The Morgan fingerprint density at radius 1 is 1.31 bits per heavy atom. The van der Waals surface area contributed by atoms with Gasteiger partial charge in [0.05, 0.1) is 22.7 Å². The molecule has 2 N–H and O–H groups in total. The van der Waals surface area contributed by atoms with Gasteiger partial charge in [0.2, 0.25) is 0 Å². The Balaban J connectivity index is 2.03.